The number of carbonyl (C=O) groups excluding carboxylic acids is 2. The Kier molecular flexibility index (Phi) is 8.02. The van der Waals surface area contributed by atoms with Gasteiger partial charge in [-0.05, 0) is 43.2 Å². The van der Waals surface area contributed by atoms with Gasteiger partial charge in [0.15, 0.2) is 0 Å². The first kappa shape index (κ1) is 21.4. The summed E-state index contributed by atoms with van der Waals surface area (Å²) < 4.78 is 5.52. The smallest absolute Gasteiger partial charge is 0.262 e. The molecule has 0 saturated heterocycles. The van der Waals surface area contributed by atoms with Gasteiger partial charge in [-0.25, -0.2) is 5.43 Å². The molecule has 0 heterocycles. The second-order valence-corrected chi connectivity index (χ2v) is 6.85. The fourth-order valence-electron chi connectivity index (χ4n) is 2.50. The molecule has 0 aromatic heterocycles. The molecule has 1 atom stereocenters. The lowest BCUT2D eigenvalue weighted by Gasteiger charge is -2.20. The van der Waals surface area contributed by atoms with Gasteiger partial charge < -0.3 is 10.1 Å². The van der Waals surface area contributed by atoms with Crippen LogP contribution in [0.2, 0.25) is 5.02 Å². The highest BCUT2D eigenvalue weighted by Gasteiger charge is 2.24. The maximum absolute atomic E-state index is 12.5. The number of benzene rings is 2. The number of carbonyl (C=O) groups is 2. The Bertz CT molecular complexity index is 852. The van der Waals surface area contributed by atoms with Crippen molar-refractivity contribution in [3.05, 3.63) is 64.7 Å². The maximum Gasteiger partial charge on any atom is 0.262 e. The molecule has 7 heteroatoms. The number of nitrogens with one attached hydrogen (secondary N) is 2. The van der Waals surface area contributed by atoms with Crippen LogP contribution in [0.3, 0.4) is 0 Å². The molecule has 2 N–H and O–H groups in total. The van der Waals surface area contributed by atoms with E-state index >= 15 is 0 Å². The Labute approximate surface area is 169 Å². The lowest BCUT2D eigenvalue weighted by molar-refractivity contribution is -0.123. The Morgan fingerprint density at radius 3 is 2.61 bits per heavy atom. The number of hydrogen-bond donors (Lipinski definition) is 2. The zero-order valence-corrected chi connectivity index (χ0v) is 16.9. The maximum atomic E-state index is 12.5. The Morgan fingerprint density at radius 1 is 1.18 bits per heavy atom. The fraction of sp³-hybridized carbons (Fsp3) is 0.286. The molecule has 1 unspecified atom stereocenters. The van der Waals surface area contributed by atoms with Gasteiger partial charge in [-0.2, -0.15) is 5.10 Å². The number of para-hydroxylation sites is 1. The first-order chi connectivity index (χ1) is 13.4. The predicted octanol–water partition coefficient (Wildman–Crippen LogP) is 3.64. The van der Waals surface area contributed by atoms with Crippen molar-refractivity contribution in [3.63, 3.8) is 0 Å². The van der Waals surface area contributed by atoms with Gasteiger partial charge in [-0.3, -0.25) is 9.59 Å². The van der Waals surface area contributed by atoms with E-state index < -0.39 is 11.9 Å². The lowest BCUT2D eigenvalue weighted by Crippen LogP contribution is -2.48. The molecular weight excluding hydrogens is 378 g/mol. The molecule has 2 amide bonds. The summed E-state index contributed by atoms with van der Waals surface area (Å²) in [6, 6.07) is 13.2. The van der Waals surface area contributed by atoms with E-state index in [-0.39, 0.29) is 11.8 Å². The first-order valence-electron chi connectivity index (χ1n) is 9.03. The van der Waals surface area contributed by atoms with Gasteiger partial charge in [-0.15, -0.1) is 0 Å². The van der Waals surface area contributed by atoms with E-state index in [9.17, 15) is 9.59 Å². The molecule has 0 aliphatic carbocycles. The SMILES string of the molecule is CCOc1ccccc1C=NNC(=O)C(NC(=O)c1cccc(Cl)c1)C(C)C. The summed E-state index contributed by atoms with van der Waals surface area (Å²) in [6.07, 6.45) is 1.51. The third kappa shape index (κ3) is 6.09. The van der Waals surface area contributed by atoms with Crippen LogP contribution in [0.15, 0.2) is 53.6 Å². The molecule has 6 nitrogen and oxygen atoms in total. The minimum absolute atomic E-state index is 0.131. The van der Waals surface area contributed by atoms with Gasteiger partial charge in [0, 0.05) is 16.1 Å². The predicted molar refractivity (Wildman–Crippen MR) is 111 cm³/mol. The molecule has 148 valence electrons. The second-order valence-electron chi connectivity index (χ2n) is 6.41. The Balaban J connectivity index is 2.04. The summed E-state index contributed by atoms with van der Waals surface area (Å²) in [5.74, 6) is -0.232. The lowest BCUT2D eigenvalue weighted by atomic mass is 10.0. The van der Waals surface area contributed by atoms with Crippen LogP contribution in [0.1, 0.15) is 36.7 Å². The molecule has 0 radical (unpaired) electrons. The van der Waals surface area contributed by atoms with Crippen LogP contribution in [-0.4, -0.2) is 30.7 Å². The number of hydrogen-bond acceptors (Lipinski definition) is 4. The normalized spacial score (nSPS) is 12.0. The van der Waals surface area contributed by atoms with Gasteiger partial charge >= 0.3 is 0 Å². The average molecular weight is 402 g/mol. The van der Waals surface area contributed by atoms with E-state index in [0.717, 1.165) is 5.56 Å². The molecule has 0 aliphatic heterocycles. The van der Waals surface area contributed by atoms with Gasteiger partial charge in [0.2, 0.25) is 0 Å². The van der Waals surface area contributed by atoms with Gasteiger partial charge in [0.25, 0.3) is 11.8 Å². The summed E-state index contributed by atoms with van der Waals surface area (Å²) in [5.41, 5.74) is 3.62. The number of nitrogens with zero attached hydrogens (tertiary/aromatic N) is 1. The van der Waals surface area contributed by atoms with Gasteiger partial charge in [0.05, 0.1) is 12.8 Å². The van der Waals surface area contributed by atoms with Crippen LogP contribution in [0.4, 0.5) is 0 Å². The summed E-state index contributed by atoms with van der Waals surface area (Å²) in [6.45, 7) is 6.11. The van der Waals surface area contributed by atoms with Crippen molar-refractivity contribution in [2.24, 2.45) is 11.0 Å². The topological polar surface area (TPSA) is 79.8 Å². The summed E-state index contributed by atoms with van der Waals surface area (Å²) >= 11 is 5.92. The second kappa shape index (κ2) is 10.5. The minimum atomic E-state index is -0.745. The van der Waals surface area contributed by atoms with Crippen LogP contribution in [0, 0.1) is 5.92 Å². The van der Waals surface area contributed by atoms with E-state index in [4.69, 9.17) is 16.3 Å². The van der Waals surface area contributed by atoms with Gasteiger partial charge in [0.1, 0.15) is 11.8 Å². The third-order valence-corrected chi connectivity index (χ3v) is 4.15. The van der Waals surface area contributed by atoms with Crippen molar-refractivity contribution in [2.45, 2.75) is 26.8 Å². The largest absolute Gasteiger partial charge is 0.493 e. The number of halogens is 1. The zero-order chi connectivity index (χ0) is 20.5. The van der Waals surface area contributed by atoms with E-state index in [1.807, 2.05) is 45.0 Å². The van der Waals surface area contributed by atoms with Crippen LogP contribution in [-0.2, 0) is 4.79 Å². The van der Waals surface area contributed by atoms with Crippen molar-refractivity contribution in [1.82, 2.24) is 10.7 Å². The van der Waals surface area contributed by atoms with Crippen LogP contribution in [0.5, 0.6) is 5.75 Å². The van der Waals surface area contributed by atoms with E-state index in [0.29, 0.717) is 22.9 Å². The van der Waals surface area contributed by atoms with E-state index in [2.05, 4.69) is 15.8 Å². The number of rotatable bonds is 8. The summed E-state index contributed by atoms with van der Waals surface area (Å²) in [7, 11) is 0. The van der Waals surface area contributed by atoms with Crippen molar-refractivity contribution in [1.29, 1.82) is 0 Å². The van der Waals surface area contributed by atoms with Gasteiger partial charge in [-0.1, -0.05) is 43.6 Å². The number of hydrazone groups is 1. The van der Waals surface area contributed by atoms with Crippen molar-refractivity contribution >= 4 is 29.6 Å². The Morgan fingerprint density at radius 2 is 1.93 bits per heavy atom. The Hall–Kier alpha value is -2.86. The van der Waals surface area contributed by atoms with Crippen LogP contribution >= 0.6 is 11.6 Å². The third-order valence-electron chi connectivity index (χ3n) is 3.92. The minimum Gasteiger partial charge on any atom is -0.493 e. The fourth-order valence-corrected chi connectivity index (χ4v) is 2.69. The summed E-state index contributed by atoms with van der Waals surface area (Å²) in [4.78, 5) is 24.9. The molecule has 28 heavy (non-hydrogen) atoms. The average Bonchev–Trinajstić information content (AvgIpc) is 2.67. The number of amides is 2. The highest BCUT2D eigenvalue weighted by Crippen LogP contribution is 2.15. The summed E-state index contributed by atoms with van der Waals surface area (Å²) in [5, 5.41) is 7.19. The molecule has 0 aliphatic rings. The molecule has 0 saturated carbocycles. The zero-order valence-electron chi connectivity index (χ0n) is 16.1. The van der Waals surface area contributed by atoms with Crippen molar-refractivity contribution in [2.75, 3.05) is 6.61 Å². The standard InChI is InChI=1S/C21H24ClN3O3/c1-4-28-18-11-6-5-8-16(18)13-23-25-21(27)19(14(2)3)24-20(26)15-9-7-10-17(22)12-15/h5-14,19H,4H2,1-3H3,(H,24,26)(H,25,27). The van der Waals surface area contributed by atoms with Crippen molar-refractivity contribution < 1.29 is 14.3 Å². The molecule has 2 aromatic rings. The van der Waals surface area contributed by atoms with Crippen LogP contribution < -0.4 is 15.5 Å². The first-order valence-corrected chi connectivity index (χ1v) is 9.41. The molecule has 0 bridgehead atoms. The molecule has 0 spiro atoms. The van der Waals surface area contributed by atoms with E-state index in [1.165, 1.54) is 6.21 Å². The quantitative estimate of drug-likeness (QED) is 0.523. The molecule has 0 fully saturated rings. The molecule has 2 rings (SSSR count). The number of ether oxygens (including phenoxy) is 1. The molecular formula is C21H24ClN3O3. The van der Waals surface area contributed by atoms with Crippen molar-refractivity contribution in [3.8, 4) is 5.75 Å². The van der Waals surface area contributed by atoms with Crippen LogP contribution in [0.25, 0.3) is 0 Å². The van der Waals surface area contributed by atoms with E-state index in [1.54, 1.807) is 24.3 Å². The highest BCUT2D eigenvalue weighted by atomic mass is 35.5. The monoisotopic (exact) mass is 401 g/mol. The highest BCUT2D eigenvalue weighted by molar-refractivity contribution is 6.31. The molecule has 2 aromatic carbocycles.